The molecule has 1 saturated heterocycles. The van der Waals surface area contributed by atoms with Crippen LogP contribution in [0.25, 0.3) is 0 Å². The first-order chi connectivity index (χ1) is 7.88. The molecule has 0 bridgehead atoms. The molecule has 16 heavy (non-hydrogen) atoms. The summed E-state index contributed by atoms with van der Waals surface area (Å²) in [5, 5.41) is 3.65. The number of unbranched alkanes of at least 4 members (excludes halogenated alkanes) is 1. The van der Waals surface area contributed by atoms with Gasteiger partial charge in [-0.05, 0) is 57.7 Å². The van der Waals surface area contributed by atoms with Crippen molar-refractivity contribution in [3.05, 3.63) is 0 Å². The molecule has 1 aliphatic carbocycles. The lowest BCUT2D eigenvalue weighted by Gasteiger charge is -2.16. The highest BCUT2D eigenvalue weighted by molar-refractivity contribution is 4.84. The van der Waals surface area contributed by atoms with E-state index in [9.17, 15) is 0 Å². The summed E-state index contributed by atoms with van der Waals surface area (Å²) >= 11 is 0. The highest BCUT2D eigenvalue weighted by Gasteiger charge is 2.25. The monoisotopic (exact) mass is 226 g/mol. The van der Waals surface area contributed by atoms with Crippen molar-refractivity contribution in [3.8, 4) is 0 Å². The van der Waals surface area contributed by atoms with Crippen LogP contribution in [0.15, 0.2) is 0 Å². The third kappa shape index (κ3) is 4.40. The number of likely N-dealkylation sites (tertiary alicyclic amines) is 1. The van der Waals surface area contributed by atoms with Gasteiger partial charge in [0.25, 0.3) is 0 Å². The second-order valence-corrected chi connectivity index (χ2v) is 5.34. The maximum absolute atomic E-state index is 5.07. The van der Waals surface area contributed by atoms with Crippen LogP contribution in [0.2, 0.25) is 0 Å². The van der Waals surface area contributed by atoms with E-state index in [4.69, 9.17) is 4.74 Å². The van der Waals surface area contributed by atoms with Crippen molar-refractivity contribution >= 4 is 0 Å². The van der Waals surface area contributed by atoms with Crippen LogP contribution in [0.5, 0.6) is 0 Å². The summed E-state index contributed by atoms with van der Waals surface area (Å²) in [6.45, 7) is 6.06. The molecule has 2 aliphatic rings. The zero-order chi connectivity index (χ0) is 11.2. The van der Waals surface area contributed by atoms with E-state index in [0.717, 1.165) is 18.6 Å². The van der Waals surface area contributed by atoms with Gasteiger partial charge < -0.3 is 15.0 Å². The van der Waals surface area contributed by atoms with Gasteiger partial charge in [-0.2, -0.15) is 0 Å². The van der Waals surface area contributed by atoms with E-state index in [1.807, 2.05) is 0 Å². The first-order valence-corrected chi connectivity index (χ1v) is 6.83. The summed E-state index contributed by atoms with van der Waals surface area (Å²) in [5.74, 6) is 0.906. The van der Waals surface area contributed by atoms with Crippen LogP contribution in [0, 0.1) is 5.92 Å². The molecule has 0 radical (unpaired) electrons. The largest absolute Gasteiger partial charge is 0.385 e. The first-order valence-electron chi connectivity index (χ1n) is 6.83. The van der Waals surface area contributed by atoms with E-state index < -0.39 is 0 Å². The molecule has 1 heterocycles. The van der Waals surface area contributed by atoms with Gasteiger partial charge in [-0.15, -0.1) is 0 Å². The number of nitrogens with zero attached hydrogens (tertiary/aromatic N) is 1. The quantitative estimate of drug-likeness (QED) is 0.635. The number of ether oxygens (including phenoxy) is 1. The molecule has 1 N–H and O–H groups in total. The Bertz CT molecular complexity index is 194. The van der Waals surface area contributed by atoms with E-state index in [-0.39, 0.29) is 0 Å². The molecule has 1 saturated carbocycles. The molecule has 1 aliphatic heterocycles. The topological polar surface area (TPSA) is 24.5 Å². The predicted octanol–water partition coefficient (Wildman–Crippen LogP) is 1.49. The molecule has 2 rings (SSSR count). The molecule has 0 amide bonds. The van der Waals surface area contributed by atoms with Gasteiger partial charge in [0, 0.05) is 26.3 Å². The van der Waals surface area contributed by atoms with Crippen LogP contribution in [0.1, 0.15) is 32.1 Å². The number of rotatable bonds is 8. The van der Waals surface area contributed by atoms with Gasteiger partial charge in [0.2, 0.25) is 0 Å². The van der Waals surface area contributed by atoms with Crippen molar-refractivity contribution in [2.45, 2.75) is 38.1 Å². The van der Waals surface area contributed by atoms with Gasteiger partial charge in [-0.1, -0.05) is 0 Å². The standard InChI is InChI=1S/C13H26N2O/c1-16-9-3-2-7-15-8-6-12(11-15)10-14-13-4-5-13/h12-14H,2-11H2,1H3. The van der Waals surface area contributed by atoms with Crippen molar-refractivity contribution in [1.29, 1.82) is 0 Å². The second-order valence-electron chi connectivity index (χ2n) is 5.34. The van der Waals surface area contributed by atoms with Crippen LogP contribution in [-0.2, 0) is 4.74 Å². The van der Waals surface area contributed by atoms with E-state index in [1.165, 1.54) is 58.3 Å². The maximum atomic E-state index is 5.07. The highest BCUT2D eigenvalue weighted by atomic mass is 16.5. The molecule has 0 spiro atoms. The number of hydrogen-bond acceptors (Lipinski definition) is 3. The molecule has 1 atom stereocenters. The van der Waals surface area contributed by atoms with Crippen LogP contribution in [0.4, 0.5) is 0 Å². The van der Waals surface area contributed by atoms with Crippen LogP contribution in [0.3, 0.4) is 0 Å². The summed E-state index contributed by atoms with van der Waals surface area (Å²) in [6, 6.07) is 0.871. The zero-order valence-electron chi connectivity index (χ0n) is 10.6. The van der Waals surface area contributed by atoms with Crippen molar-refractivity contribution in [2.75, 3.05) is 39.9 Å². The first kappa shape index (κ1) is 12.3. The molecule has 3 heteroatoms. The Morgan fingerprint density at radius 2 is 2.12 bits per heavy atom. The highest BCUT2D eigenvalue weighted by Crippen LogP contribution is 2.21. The molecule has 2 fully saturated rings. The fourth-order valence-corrected chi connectivity index (χ4v) is 2.49. The Balaban J connectivity index is 1.49. The summed E-state index contributed by atoms with van der Waals surface area (Å²) in [4.78, 5) is 2.62. The van der Waals surface area contributed by atoms with Gasteiger partial charge in [0.05, 0.1) is 0 Å². The number of hydrogen-bond donors (Lipinski definition) is 1. The SMILES string of the molecule is COCCCCN1CCC(CNC2CC2)C1. The number of nitrogens with one attached hydrogen (secondary N) is 1. The summed E-state index contributed by atoms with van der Waals surface area (Å²) in [5.41, 5.74) is 0. The molecule has 94 valence electrons. The molecule has 0 aromatic carbocycles. The molecule has 0 aromatic rings. The van der Waals surface area contributed by atoms with E-state index in [1.54, 1.807) is 7.11 Å². The van der Waals surface area contributed by atoms with Crippen LogP contribution >= 0.6 is 0 Å². The van der Waals surface area contributed by atoms with Crippen molar-refractivity contribution in [1.82, 2.24) is 10.2 Å². The molecular formula is C13H26N2O. The van der Waals surface area contributed by atoms with Crippen LogP contribution < -0.4 is 5.32 Å². The second kappa shape index (κ2) is 6.58. The van der Waals surface area contributed by atoms with E-state index >= 15 is 0 Å². The van der Waals surface area contributed by atoms with Gasteiger partial charge in [0.1, 0.15) is 0 Å². The third-order valence-corrected chi connectivity index (χ3v) is 3.72. The Kier molecular flexibility index (Phi) is 5.07. The Labute approximate surface area is 99.5 Å². The minimum atomic E-state index is 0.871. The minimum absolute atomic E-state index is 0.871. The van der Waals surface area contributed by atoms with Gasteiger partial charge >= 0.3 is 0 Å². The lowest BCUT2D eigenvalue weighted by Crippen LogP contribution is -2.28. The average Bonchev–Trinajstić information content (AvgIpc) is 3.02. The van der Waals surface area contributed by atoms with Gasteiger partial charge in [0.15, 0.2) is 0 Å². The normalized spacial score (nSPS) is 26.4. The molecular weight excluding hydrogens is 200 g/mol. The lowest BCUT2D eigenvalue weighted by molar-refractivity contribution is 0.186. The number of methoxy groups -OCH3 is 1. The van der Waals surface area contributed by atoms with Crippen LogP contribution in [-0.4, -0.2) is 50.8 Å². The molecule has 3 nitrogen and oxygen atoms in total. The Morgan fingerprint density at radius 3 is 2.88 bits per heavy atom. The Hall–Kier alpha value is -0.120. The van der Waals surface area contributed by atoms with E-state index in [2.05, 4.69) is 10.2 Å². The average molecular weight is 226 g/mol. The lowest BCUT2D eigenvalue weighted by atomic mass is 10.1. The molecule has 1 unspecified atom stereocenters. The zero-order valence-corrected chi connectivity index (χ0v) is 10.6. The summed E-state index contributed by atoms with van der Waals surface area (Å²) < 4.78 is 5.07. The van der Waals surface area contributed by atoms with Crippen molar-refractivity contribution < 1.29 is 4.74 Å². The summed E-state index contributed by atoms with van der Waals surface area (Å²) in [6.07, 6.45) is 6.71. The third-order valence-electron chi connectivity index (χ3n) is 3.72. The summed E-state index contributed by atoms with van der Waals surface area (Å²) in [7, 11) is 1.79. The fraction of sp³-hybridized carbons (Fsp3) is 1.00. The maximum Gasteiger partial charge on any atom is 0.0462 e. The van der Waals surface area contributed by atoms with Gasteiger partial charge in [-0.25, -0.2) is 0 Å². The minimum Gasteiger partial charge on any atom is -0.385 e. The van der Waals surface area contributed by atoms with E-state index in [0.29, 0.717) is 0 Å². The Morgan fingerprint density at radius 1 is 1.25 bits per heavy atom. The van der Waals surface area contributed by atoms with Gasteiger partial charge in [-0.3, -0.25) is 0 Å². The van der Waals surface area contributed by atoms with Crippen molar-refractivity contribution in [2.24, 2.45) is 5.92 Å². The smallest absolute Gasteiger partial charge is 0.0462 e. The van der Waals surface area contributed by atoms with Crippen molar-refractivity contribution in [3.63, 3.8) is 0 Å². The molecule has 0 aromatic heterocycles. The predicted molar refractivity (Wildman–Crippen MR) is 66.7 cm³/mol. The fourth-order valence-electron chi connectivity index (χ4n) is 2.49.